The average Bonchev–Trinajstić information content (AvgIpc) is 2.82. The third kappa shape index (κ3) is 5.70. The molecular formula is C19H28O18. The zero-order valence-electron chi connectivity index (χ0n) is 18.6. The lowest BCUT2D eigenvalue weighted by Gasteiger charge is -2.46. The fraction of sp³-hybridized carbons (Fsp3) is 0.842. The van der Waals surface area contributed by atoms with Gasteiger partial charge in [-0.3, -0.25) is 4.79 Å². The Morgan fingerprint density at radius 2 is 1.08 bits per heavy atom. The van der Waals surface area contributed by atoms with Crippen LogP contribution in [-0.2, 0) is 33.3 Å². The standard InChI is InChI=1S/C19H28O18/c20-4-2(15(27)28)1-3(5(21)6(4)22)34-11-8(24)10(26)19(37-14(11)17(31)32)36-12-7(23)9(25)18(33)35-13(12)16(29)30/h2-14,18-26,33H,1H2,(H,27,28)(H,29,30)(H,31,32)/t2-,3-,4-,5-,6-,7+,8+,9+,10+,11+,12+,13-,14-,18-,19-/m0/s1. The topological polar surface area (TPSA) is 311 Å². The van der Waals surface area contributed by atoms with Crippen LogP contribution in [0, 0.1) is 5.92 Å². The maximum atomic E-state index is 11.9. The van der Waals surface area contributed by atoms with Crippen molar-refractivity contribution in [3.63, 3.8) is 0 Å². The summed E-state index contributed by atoms with van der Waals surface area (Å²) in [5, 5.41) is 109. The molecule has 18 heteroatoms. The van der Waals surface area contributed by atoms with Crippen LogP contribution < -0.4 is 0 Å². The third-order valence-electron chi connectivity index (χ3n) is 6.51. The van der Waals surface area contributed by atoms with Crippen LogP contribution in [0.4, 0.5) is 0 Å². The lowest BCUT2D eigenvalue weighted by molar-refractivity contribution is -0.352. The van der Waals surface area contributed by atoms with Crippen molar-refractivity contribution in [3.05, 3.63) is 0 Å². The highest BCUT2D eigenvalue weighted by molar-refractivity contribution is 5.74. The average molecular weight is 544 g/mol. The molecule has 0 aromatic rings. The van der Waals surface area contributed by atoms with Gasteiger partial charge in [0.15, 0.2) is 24.8 Å². The van der Waals surface area contributed by atoms with Crippen molar-refractivity contribution in [2.75, 3.05) is 0 Å². The first-order chi connectivity index (χ1) is 17.2. The van der Waals surface area contributed by atoms with Crippen LogP contribution in [0.2, 0.25) is 0 Å². The second-order valence-corrected chi connectivity index (χ2v) is 8.90. The van der Waals surface area contributed by atoms with Crippen molar-refractivity contribution in [1.82, 2.24) is 0 Å². The summed E-state index contributed by atoms with van der Waals surface area (Å²) in [4.78, 5) is 34.7. The number of carbonyl (C=O) groups is 3. The first kappa shape index (κ1) is 29.5. The lowest BCUT2D eigenvalue weighted by atomic mass is 9.80. The number of hydrogen-bond donors (Lipinski definition) is 11. The van der Waals surface area contributed by atoms with Crippen molar-refractivity contribution in [2.24, 2.45) is 5.92 Å². The Labute approximate surface area is 206 Å². The van der Waals surface area contributed by atoms with Gasteiger partial charge in [0.25, 0.3) is 0 Å². The zero-order valence-corrected chi connectivity index (χ0v) is 18.6. The van der Waals surface area contributed by atoms with Crippen LogP contribution in [0.15, 0.2) is 0 Å². The van der Waals surface area contributed by atoms with Crippen molar-refractivity contribution >= 4 is 17.9 Å². The summed E-state index contributed by atoms with van der Waals surface area (Å²) in [6.07, 6.45) is -29.4. The van der Waals surface area contributed by atoms with E-state index in [2.05, 4.69) is 4.74 Å². The summed E-state index contributed by atoms with van der Waals surface area (Å²) in [6, 6.07) is 0. The molecule has 37 heavy (non-hydrogen) atoms. The molecule has 212 valence electrons. The summed E-state index contributed by atoms with van der Waals surface area (Å²) < 4.78 is 20.3. The number of aliphatic carboxylic acids is 3. The molecule has 0 unspecified atom stereocenters. The highest BCUT2D eigenvalue weighted by atomic mass is 16.7. The molecule has 0 radical (unpaired) electrons. The number of rotatable bonds is 7. The quantitative estimate of drug-likeness (QED) is 0.142. The fourth-order valence-corrected chi connectivity index (χ4v) is 4.43. The molecule has 3 aliphatic rings. The van der Waals surface area contributed by atoms with Gasteiger partial charge in [0.05, 0.1) is 18.1 Å². The maximum Gasteiger partial charge on any atom is 0.335 e. The van der Waals surface area contributed by atoms with Gasteiger partial charge in [-0.15, -0.1) is 0 Å². The van der Waals surface area contributed by atoms with Crippen LogP contribution in [0.25, 0.3) is 0 Å². The SMILES string of the molecule is O=C(O)[C@H]1C[C@H](O[C@@H]2[C@H](O)[C@@H](O)[C@@H](O[C@@H]3[C@H](O)[C@@H](O)[C@@H](O)O[C@@H]3C(=O)O)O[C@@H]2C(=O)O)[C@H](O)[C@@H](O)[C@H]1O. The minimum Gasteiger partial charge on any atom is -0.481 e. The molecule has 0 bridgehead atoms. The Bertz CT molecular complexity index is 853. The number of hydrogen-bond acceptors (Lipinski definition) is 15. The summed E-state index contributed by atoms with van der Waals surface area (Å²) in [5.74, 6) is -6.81. The van der Waals surface area contributed by atoms with E-state index >= 15 is 0 Å². The first-order valence-corrected chi connectivity index (χ1v) is 10.9. The summed E-state index contributed by atoms with van der Waals surface area (Å²) in [5.41, 5.74) is 0. The minimum absolute atomic E-state index is 0.633. The van der Waals surface area contributed by atoms with Gasteiger partial charge in [0.1, 0.15) is 48.8 Å². The van der Waals surface area contributed by atoms with Crippen molar-refractivity contribution in [3.8, 4) is 0 Å². The van der Waals surface area contributed by atoms with E-state index in [4.69, 9.17) is 14.2 Å². The zero-order chi connectivity index (χ0) is 27.9. The van der Waals surface area contributed by atoms with Crippen LogP contribution in [0.1, 0.15) is 6.42 Å². The molecule has 15 atom stereocenters. The van der Waals surface area contributed by atoms with E-state index in [-0.39, 0.29) is 0 Å². The normalized spacial score (nSPS) is 48.8. The smallest absolute Gasteiger partial charge is 0.335 e. The minimum atomic E-state index is -2.21. The molecule has 0 spiro atoms. The van der Waals surface area contributed by atoms with Gasteiger partial charge in [0.2, 0.25) is 0 Å². The van der Waals surface area contributed by atoms with Gasteiger partial charge in [-0.25, -0.2) is 9.59 Å². The molecule has 11 N–H and O–H groups in total. The van der Waals surface area contributed by atoms with Gasteiger partial charge < -0.3 is 75.1 Å². The highest BCUT2D eigenvalue weighted by Crippen LogP contribution is 2.34. The number of carboxylic acids is 3. The fourth-order valence-electron chi connectivity index (χ4n) is 4.43. The monoisotopic (exact) mass is 544 g/mol. The van der Waals surface area contributed by atoms with E-state index in [0.29, 0.717) is 0 Å². The van der Waals surface area contributed by atoms with E-state index < -0.39 is 116 Å². The third-order valence-corrected chi connectivity index (χ3v) is 6.51. The molecule has 3 rings (SSSR count). The van der Waals surface area contributed by atoms with Crippen LogP contribution in [-0.4, -0.2) is 160 Å². The van der Waals surface area contributed by atoms with E-state index in [9.17, 15) is 70.6 Å². The number of carboxylic acid groups (broad SMARTS) is 3. The highest BCUT2D eigenvalue weighted by Gasteiger charge is 2.56. The van der Waals surface area contributed by atoms with Crippen molar-refractivity contribution in [2.45, 2.75) is 92.2 Å². The lowest BCUT2D eigenvalue weighted by Crippen LogP contribution is -2.67. The first-order valence-electron chi connectivity index (χ1n) is 10.9. The molecule has 2 saturated heterocycles. The molecule has 2 aliphatic heterocycles. The summed E-state index contributed by atoms with van der Waals surface area (Å²) in [6.45, 7) is 0. The largest absolute Gasteiger partial charge is 0.481 e. The Balaban J connectivity index is 1.81. The molecule has 0 aromatic carbocycles. The molecule has 18 nitrogen and oxygen atoms in total. The van der Waals surface area contributed by atoms with Gasteiger partial charge >= 0.3 is 17.9 Å². The molecule has 1 saturated carbocycles. The molecule has 0 amide bonds. The number of ether oxygens (including phenoxy) is 4. The van der Waals surface area contributed by atoms with Gasteiger partial charge in [-0.1, -0.05) is 0 Å². The van der Waals surface area contributed by atoms with Crippen LogP contribution in [0.5, 0.6) is 0 Å². The van der Waals surface area contributed by atoms with Crippen molar-refractivity contribution < 1.29 is 89.5 Å². The van der Waals surface area contributed by atoms with Gasteiger partial charge in [0, 0.05) is 0 Å². The summed E-state index contributed by atoms with van der Waals surface area (Å²) in [7, 11) is 0. The Morgan fingerprint density at radius 3 is 1.62 bits per heavy atom. The van der Waals surface area contributed by atoms with Crippen LogP contribution >= 0.6 is 0 Å². The molecule has 0 aromatic heterocycles. The van der Waals surface area contributed by atoms with Crippen LogP contribution in [0.3, 0.4) is 0 Å². The Morgan fingerprint density at radius 1 is 0.568 bits per heavy atom. The Hall–Kier alpha value is -2.07. The van der Waals surface area contributed by atoms with Gasteiger partial charge in [-0.05, 0) is 6.42 Å². The maximum absolute atomic E-state index is 11.9. The predicted octanol–water partition coefficient (Wildman–Crippen LogP) is -6.63. The van der Waals surface area contributed by atoms with Gasteiger partial charge in [-0.2, -0.15) is 0 Å². The second-order valence-electron chi connectivity index (χ2n) is 8.90. The van der Waals surface area contributed by atoms with Crippen molar-refractivity contribution in [1.29, 1.82) is 0 Å². The van der Waals surface area contributed by atoms with E-state index in [0.717, 1.165) is 0 Å². The van der Waals surface area contributed by atoms with E-state index in [1.807, 2.05) is 0 Å². The van der Waals surface area contributed by atoms with E-state index in [1.54, 1.807) is 0 Å². The molecule has 2 heterocycles. The second kappa shape index (κ2) is 11.4. The number of aliphatic hydroxyl groups excluding tert-OH is 8. The predicted molar refractivity (Wildman–Crippen MR) is 106 cm³/mol. The van der Waals surface area contributed by atoms with E-state index in [1.165, 1.54) is 0 Å². The Kier molecular flexibility index (Phi) is 9.05. The number of aliphatic hydroxyl groups is 8. The summed E-state index contributed by atoms with van der Waals surface area (Å²) >= 11 is 0. The molecule has 3 fully saturated rings. The molecule has 1 aliphatic carbocycles. The molecular weight excluding hydrogens is 516 g/mol.